The van der Waals surface area contributed by atoms with Gasteiger partial charge in [-0.2, -0.15) is 0 Å². The van der Waals surface area contributed by atoms with Crippen molar-refractivity contribution in [2.75, 3.05) is 0 Å². The topological polar surface area (TPSA) is 54.4 Å². The van der Waals surface area contributed by atoms with Gasteiger partial charge >= 0.3 is 5.97 Å². The second-order valence-corrected chi connectivity index (χ2v) is 2.93. The van der Waals surface area contributed by atoms with Gasteiger partial charge in [0, 0.05) is 5.56 Å². The molecule has 0 unspecified atom stereocenters. The van der Waals surface area contributed by atoms with Crippen molar-refractivity contribution in [3.63, 3.8) is 0 Å². The molecule has 3 heteroatoms. The Kier molecular flexibility index (Phi) is 2.46. The fourth-order valence-electron chi connectivity index (χ4n) is 1.01. The van der Waals surface area contributed by atoms with Gasteiger partial charge in [0.1, 0.15) is 0 Å². The van der Waals surface area contributed by atoms with E-state index in [0.717, 1.165) is 11.1 Å². The Morgan fingerprint density at radius 2 is 1.77 bits per heavy atom. The Bertz CT molecular complexity index is 366. The minimum atomic E-state index is -1.41. The maximum absolute atomic E-state index is 11.0. The number of Topliss-reactive ketones (excluding diaryl/α,β-unsaturated/α-hetero) is 1. The van der Waals surface area contributed by atoms with Crippen molar-refractivity contribution in [2.45, 2.75) is 13.8 Å². The molecule has 68 valence electrons. The van der Waals surface area contributed by atoms with Crippen LogP contribution in [-0.2, 0) is 4.79 Å². The minimum Gasteiger partial charge on any atom is -0.475 e. The molecule has 1 N–H and O–H groups in total. The number of rotatable bonds is 2. The van der Waals surface area contributed by atoms with E-state index >= 15 is 0 Å². The highest BCUT2D eigenvalue weighted by Crippen LogP contribution is 2.10. The summed E-state index contributed by atoms with van der Waals surface area (Å²) in [4.78, 5) is 21.4. The molecular weight excluding hydrogens is 168 g/mol. The lowest BCUT2D eigenvalue weighted by molar-refractivity contribution is -0.131. The maximum atomic E-state index is 11.0. The first-order valence-electron chi connectivity index (χ1n) is 3.87. The van der Waals surface area contributed by atoms with Crippen LogP contribution in [0, 0.1) is 13.8 Å². The van der Waals surface area contributed by atoms with Crippen molar-refractivity contribution in [3.05, 3.63) is 34.9 Å². The van der Waals surface area contributed by atoms with Crippen LogP contribution < -0.4 is 0 Å². The first-order chi connectivity index (χ1) is 6.02. The Hall–Kier alpha value is -1.64. The molecule has 0 atom stereocenters. The third kappa shape index (κ3) is 1.93. The summed E-state index contributed by atoms with van der Waals surface area (Å²) in [6, 6.07) is 4.86. The summed E-state index contributed by atoms with van der Waals surface area (Å²) in [6.45, 7) is 3.75. The highest BCUT2D eigenvalue weighted by molar-refractivity contribution is 6.39. The highest BCUT2D eigenvalue weighted by Gasteiger charge is 2.14. The molecule has 3 nitrogen and oxygen atoms in total. The van der Waals surface area contributed by atoms with E-state index in [1.807, 2.05) is 13.8 Å². The Labute approximate surface area is 76.0 Å². The molecule has 1 aromatic carbocycles. The van der Waals surface area contributed by atoms with Crippen LogP contribution >= 0.6 is 0 Å². The zero-order valence-corrected chi connectivity index (χ0v) is 7.50. The molecule has 0 bridgehead atoms. The van der Waals surface area contributed by atoms with E-state index in [1.165, 1.54) is 6.07 Å². The van der Waals surface area contributed by atoms with E-state index in [-0.39, 0.29) is 5.56 Å². The summed E-state index contributed by atoms with van der Waals surface area (Å²) in [5, 5.41) is 8.45. The van der Waals surface area contributed by atoms with Crippen molar-refractivity contribution >= 4 is 11.8 Å². The first-order valence-corrected chi connectivity index (χ1v) is 3.87. The molecule has 0 radical (unpaired) electrons. The van der Waals surface area contributed by atoms with Crippen molar-refractivity contribution in [3.8, 4) is 0 Å². The number of ketones is 1. The van der Waals surface area contributed by atoms with Crippen molar-refractivity contribution < 1.29 is 14.7 Å². The second-order valence-electron chi connectivity index (χ2n) is 2.93. The molecule has 0 saturated carbocycles. The number of aliphatic carboxylic acids is 1. The quantitative estimate of drug-likeness (QED) is 0.552. The number of carbonyl (C=O) groups is 2. The van der Waals surface area contributed by atoms with E-state index in [0.29, 0.717) is 0 Å². The van der Waals surface area contributed by atoms with Crippen molar-refractivity contribution in [1.29, 1.82) is 0 Å². The third-order valence-corrected chi connectivity index (χ3v) is 1.96. The number of carboxylic acids is 1. The normalized spacial score (nSPS) is 9.69. The number of aryl methyl sites for hydroxylation is 2. The van der Waals surface area contributed by atoms with E-state index < -0.39 is 11.8 Å². The molecule has 0 aliphatic rings. The molecule has 0 fully saturated rings. The molecule has 0 amide bonds. The number of carbonyl (C=O) groups excluding carboxylic acids is 1. The van der Waals surface area contributed by atoms with Crippen LogP contribution in [0.2, 0.25) is 0 Å². The van der Waals surface area contributed by atoms with Gasteiger partial charge in [-0.15, -0.1) is 0 Å². The summed E-state index contributed by atoms with van der Waals surface area (Å²) < 4.78 is 0. The molecule has 1 rings (SSSR count). The Morgan fingerprint density at radius 1 is 1.15 bits per heavy atom. The monoisotopic (exact) mass is 178 g/mol. The molecular formula is C10H10O3. The molecule has 0 saturated heterocycles. The minimum absolute atomic E-state index is 0.232. The van der Waals surface area contributed by atoms with E-state index in [2.05, 4.69) is 0 Å². The van der Waals surface area contributed by atoms with Crippen LogP contribution in [0.15, 0.2) is 18.2 Å². The number of hydrogen-bond acceptors (Lipinski definition) is 2. The number of hydrogen-bond donors (Lipinski definition) is 1. The lowest BCUT2D eigenvalue weighted by Gasteiger charge is -2.01. The summed E-state index contributed by atoms with van der Waals surface area (Å²) in [5.41, 5.74) is 2.20. The Morgan fingerprint density at radius 3 is 2.23 bits per heavy atom. The van der Waals surface area contributed by atoms with Gasteiger partial charge in [0.2, 0.25) is 0 Å². The predicted octanol–water partition coefficient (Wildman–Crippen LogP) is 1.57. The summed E-state index contributed by atoms with van der Waals surface area (Å²) in [6.07, 6.45) is 0. The summed E-state index contributed by atoms with van der Waals surface area (Å²) in [5.74, 6) is -2.27. The van der Waals surface area contributed by atoms with Gasteiger partial charge in [0.05, 0.1) is 0 Å². The molecule has 0 heterocycles. The van der Waals surface area contributed by atoms with Crippen LogP contribution in [-0.4, -0.2) is 16.9 Å². The number of benzene rings is 1. The van der Waals surface area contributed by atoms with Crippen LogP contribution in [0.4, 0.5) is 0 Å². The van der Waals surface area contributed by atoms with Gasteiger partial charge in [-0.25, -0.2) is 4.79 Å². The van der Waals surface area contributed by atoms with E-state index in [4.69, 9.17) is 5.11 Å². The van der Waals surface area contributed by atoms with Crippen LogP contribution in [0.1, 0.15) is 21.5 Å². The Balaban J connectivity index is 3.11. The SMILES string of the molecule is Cc1ccc(C(=O)C(=O)O)cc1C. The summed E-state index contributed by atoms with van der Waals surface area (Å²) >= 11 is 0. The third-order valence-electron chi connectivity index (χ3n) is 1.96. The highest BCUT2D eigenvalue weighted by atomic mass is 16.4. The van der Waals surface area contributed by atoms with E-state index in [9.17, 15) is 9.59 Å². The standard InChI is InChI=1S/C10H10O3/c1-6-3-4-8(5-7(6)2)9(11)10(12)13/h3-5H,1-2H3,(H,12,13). The lowest BCUT2D eigenvalue weighted by atomic mass is 10.0. The molecule has 1 aromatic rings. The van der Waals surface area contributed by atoms with Gasteiger partial charge in [-0.05, 0) is 31.0 Å². The fraction of sp³-hybridized carbons (Fsp3) is 0.200. The second kappa shape index (κ2) is 3.39. The van der Waals surface area contributed by atoms with Gasteiger partial charge in [-0.3, -0.25) is 4.79 Å². The molecule has 0 aliphatic heterocycles. The van der Waals surface area contributed by atoms with Crippen LogP contribution in [0.25, 0.3) is 0 Å². The van der Waals surface area contributed by atoms with Gasteiger partial charge in [-0.1, -0.05) is 12.1 Å². The van der Waals surface area contributed by atoms with Crippen molar-refractivity contribution in [1.82, 2.24) is 0 Å². The van der Waals surface area contributed by atoms with E-state index in [1.54, 1.807) is 12.1 Å². The molecule has 0 aliphatic carbocycles. The fourth-order valence-corrected chi connectivity index (χ4v) is 1.01. The van der Waals surface area contributed by atoms with Crippen molar-refractivity contribution in [2.24, 2.45) is 0 Å². The predicted molar refractivity (Wildman–Crippen MR) is 47.9 cm³/mol. The molecule has 13 heavy (non-hydrogen) atoms. The maximum Gasteiger partial charge on any atom is 0.377 e. The van der Waals surface area contributed by atoms with Gasteiger partial charge in [0.15, 0.2) is 0 Å². The van der Waals surface area contributed by atoms with Gasteiger partial charge < -0.3 is 5.11 Å². The van der Waals surface area contributed by atoms with Crippen LogP contribution in [0.5, 0.6) is 0 Å². The average Bonchev–Trinajstić information content (AvgIpc) is 2.08. The molecule has 0 spiro atoms. The lowest BCUT2D eigenvalue weighted by Crippen LogP contribution is -2.12. The van der Waals surface area contributed by atoms with Crippen LogP contribution in [0.3, 0.4) is 0 Å². The summed E-state index contributed by atoms with van der Waals surface area (Å²) in [7, 11) is 0. The zero-order chi connectivity index (χ0) is 10.0. The number of carboxylic acid groups (broad SMARTS) is 1. The largest absolute Gasteiger partial charge is 0.475 e. The smallest absolute Gasteiger partial charge is 0.377 e. The first kappa shape index (κ1) is 9.45. The van der Waals surface area contributed by atoms with Gasteiger partial charge in [0.25, 0.3) is 5.78 Å². The zero-order valence-electron chi connectivity index (χ0n) is 7.50. The average molecular weight is 178 g/mol. The molecule has 0 aromatic heterocycles.